The van der Waals surface area contributed by atoms with E-state index in [0.29, 0.717) is 0 Å². The maximum atomic E-state index is 2.41. The van der Waals surface area contributed by atoms with E-state index in [1.54, 1.807) is 0 Å². The molecule has 2 atom stereocenters. The Bertz CT molecular complexity index is 76.1. The Morgan fingerprint density at radius 1 is 1.22 bits per heavy atom. The Morgan fingerprint density at radius 2 is 1.89 bits per heavy atom. The summed E-state index contributed by atoms with van der Waals surface area (Å²) in [5.41, 5.74) is 0. The van der Waals surface area contributed by atoms with Gasteiger partial charge < -0.3 is 0 Å². The van der Waals surface area contributed by atoms with Crippen LogP contribution in [0.1, 0.15) is 46.0 Å². The van der Waals surface area contributed by atoms with Gasteiger partial charge in [0.1, 0.15) is 0 Å². The van der Waals surface area contributed by atoms with E-state index in [9.17, 15) is 0 Å². The van der Waals surface area contributed by atoms with Crippen LogP contribution in [0.15, 0.2) is 0 Å². The van der Waals surface area contributed by atoms with E-state index in [2.05, 4.69) is 13.8 Å². The fourth-order valence-corrected chi connectivity index (χ4v) is 2.00. The molecule has 0 nitrogen and oxygen atoms in total. The van der Waals surface area contributed by atoms with Crippen LogP contribution in [0.4, 0.5) is 0 Å². The SMILES string of the molecule is CC[C@H]1CCCC[C@@H]1C. The van der Waals surface area contributed by atoms with Gasteiger partial charge in [0.05, 0.1) is 0 Å². The van der Waals surface area contributed by atoms with E-state index < -0.39 is 0 Å². The summed E-state index contributed by atoms with van der Waals surface area (Å²) in [5, 5.41) is 0. The summed E-state index contributed by atoms with van der Waals surface area (Å²) in [7, 11) is 0. The lowest BCUT2D eigenvalue weighted by molar-refractivity contribution is 0.249. The number of hydrogen-bond acceptors (Lipinski definition) is 0. The van der Waals surface area contributed by atoms with Crippen molar-refractivity contribution in [3.8, 4) is 0 Å². The molecule has 1 rings (SSSR count). The Hall–Kier alpha value is 0. The molecular weight excluding hydrogens is 108 g/mol. The van der Waals surface area contributed by atoms with Gasteiger partial charge in [0.25, 0.3) is 0 Å². The second-order valence-corrected chi connectivity index (χ2v) is 3.43. The highest BCUT2D eigenvalue weighted by Gasteiger charge is 2.18. The predicted molar refractivity (Wildman–Crippen MR) is 41.4 cm³/mol. The van der Waals surface area contributed by atoms with Gasteiger partial charge in [-0.3, -0.25) is 0 Å². The minimum atomic E-state index is 1.02. The van der Waals surface area contributed by atoms with Crippen LogP contribution < -0.4 is 0 Å². The molecule has 1 aliphatic carbocycles. The second kappa shape index (κ2) is 3.24. The molecule has 0 heteroatoms. The van der Waals surface area contributed by atoms with Gasteiger partial charge in [-0.2, -0.15) is 0 Å². The molecule has 0 aromatic heterocycles. The molecule has 54 valence electrons. The first-order chi connectivity index (χ1) is 4.34. The molecule has 0 radical (unpaired) electrons. The zero-order valence-corrected chi connectivity index (χ0v) is 6.69. The molecule has 1 aliphatic rings. The van der Waals surface area contributed by atoms with E-state index in [1.165, 1.54) is 32.1 Å². The summed E-state index contributed by atoms with van der Waals surface area (Å²) in [4.78, 5) is 0. The van der Waals surface area contributed by atoms with Gasteiger partial charge in [-0.25, -0.2) is 0 Å². The maximum absolute atomic E-state index is 2.41. The molecule has 0 N–H and O–H groups in total. The zero-order chi connectivity index (χ0) is 6.69. The smallest absolute Gasteiger partial charge is 0.0391 e. The number of rotatable bonds is 1. The molecule has 1 saturated carbocycles. The number of hydrogen-bond donors (Lipinski definition) is 0. The third-order valence-electron chi connectivity index (χ3n) is 2.81. The van der Waals surface area contributed by atoms with Crippen LogP contribution in [0.25, 0.3) is 0 Å². The molecule has 1 fully saturated rings. The Balaban J connectivity index is 2.30. The molecule has 0 unspecified atom stereocenters. The molecule has 0 amide bonds. The topological polar surface area (TPSA) is 0 Å². The second-order valence-electron chi connectivity index (χ2n) is 3.43. The Kier molecular flexibility index (Phi) is 2.56. The van der Waals surface area contributed by atoms with Gasteiger partial charge in [-0.05, 0) is 11.8 Å². The van der Waals surface area contributed by atoms with Crippen LogP contribution in [0, 0.1) is 11.8 Å². The van der Waals surface area contributed by atoms with Crippen LogP contribution >= 0.6 is 0 Å². The largest absolute Gasteiger partial charge is 0.0651 e. The fourth-order valence-electron chi connectivity index (χ4n) is 2.00. The molecule has 0 spiro atoms. The lowest BCUT2D eigenvalue weighted by atomic mass is 9.79. The van der Waals surface area contributed by atoms with Gasteiger partial charge in [0, 0.05) is 0 Å². The van der Waals surface area contributed by atoms with Crippen molar-refractivity contribution in [1.82, 2.24) is 0 Å². The van der Waals surface area contributed by atoms with Crippen molar-refractivity contribution in [2.75, 3.05) is 0 Å². The predicted octanol–water partition coefficient (Wildman–Crippen LogP) is 3.22. The van der Waals surface area contributed by atoms with E-state index in [1.807, 2.05) is 0 Å². The lowest BCUT2D eigenvalue weighted by Crippen LogP contribution is -2.15. The van der Waals surface area contributed by atoms with Gasteiger partial charge in [-0.1, -0.05) is 46.0 Å². The Morgan fingerprint density at radius 3 is 2.33 bits per heavy atom. The Labute approximate surface area is 58.7 Å². The van der Waals surface area contributed by atoms with E-state index in [4.69, 9.17) is 0 Å². The van der Waals surface area contributed by atoms with Crippen molar-refractivity contribution in [1.29, 1.82) is 0 Å². The van der Waals surface area contributed by atoms with Crippen LogP contribution in [0.2, 0.25) is 0 Å². The molecule has 0 heterocycles. The molecule has 0 aromatic rings. The highest BCUT2D eigenvalue weighted by molar-refractivity contribution is 4.70. The maximum Gasteiger partial charge on any atom is -0.0391 e. The quantitative estimate of drug-likeness (QED) is 0.506. The third kappa shape index (κ3) is 1.70. The van der Waals surface area contributed by atoms with Crippen molar-refractivity contribution in [2.24, 2.45) is 11.8 Å². The minimum absolute atomic E-state index is 1.02. The summed E-state index contributed by atoms with van der Waals surface area (Å²) in [5.74, 6) is 2.07. The average Bonchev–Trinajstić information content (AvgIpc) is 1.89. The van der Waals surface area contributed by atoms with Crippen molar-refractivity contribution in [2.45, 2.75) is 46.0 Å². The van der Waals surface area contributed by atoms with Gasteiger partial charge in [-0.15, -0.1) is 0 Å². The van der Waals surface area contributed by atoms with E-state index >= 15 is 0 Å². The molecule has 0 bridgehead atoms. The van der Waals surface area contributed by atoms with E-state index in [-0.39, 0.29) is 0 Å². The summed E-state index contributed by atoms with van der Waals surface area (Å²) >= 11 is 0. The standard InChI is InChI=1S/C9H18/c1-3-9-7-5-4-6-8(9)2/h8-9H,3-7H2,1-2H3/t8-,9-/m0/s1. The molecular formula is C9H18. The lowest BCUT2D eigenvalue weighted by Gasteiger charge is -2.27. The van der Waals surface area contributed by atoms with Crippen LogP contribution in [0.3, 0.4) is 0 Å². The summed E-state index contributed by atoms with van der Waals surface area (Å²) < 4.78 is 0. The van der Waals surface area contributed by atoms with Crippen molar-refractivity contribution >= 4 is 0 Å². The van der Waals surface area contributed by atoms with Crippen molar-refractivity contribution in [3.05, 3.63) is 0 Å². The van der Waals surface area contributed by atoms with Crippen LogP contribution in [-0.2, 0) is 0 Å². The first-order valence-electron chi connectivity index (χ1n) is 4.34. The first-order valence-corrected chi connectivity index (χ1v) is 4.34. The highest BCUT2D eigenvalue weighted by atomic mass is 14.2. The molecule has 0 saturated heterocycles. The van der Waals surface area contributed by atoms with Crippen LogP contribution in [-0.4, -0.2) is 0 Å². The van der Waals surface area contributed by atoms with Crippen molar-refractivity contribution < 1.29 is 0 Å². The summed E-state index contributed by atoms with van der Waals surface area (Å²) in [6.07, 6.45) is 7.36. The summed E-state index contributed by atoms with van der Waals surface area (Å²) in [6.45, 7) is 4.74. The minimum Gasteiger partial charge on any atom is -0.0651 e. The monoisotopic (exact) mass is 126 g/mol. The molecule has 9 heavy (non-hydrogen) atoms. The van der Waals surface area contributed by atoms with E-state index in [0.717, 1.165) is 11.8 Å². The first kappa shape index (κ1) is 7.11. The normalized spacial score (nSPS) is 36.7. The summed E-state index contributed by atoms with van der Waals surface area (Å²) in [6, 6.07) is 0. The third-order valence-corrected chi connectivity index (χ3v) is 2.81. The average molecular weight is 126 g/mol. The molecule has 0 aromatic carbocycles. The van der Waals surface area contributed by atoms with Gasteiger partial charge in [0.2, 0.25) is 0 Å². The van der Waals surface area contributed by atoms with Crippen LogP contribution in [0.5, 0.6) is 0 Å². The van der Waals surface area contributed by atoms with Crippen molar-refractivity contribution in [3.63, 3.8) is 0 Å². The van der Waals surface area contributed by atoms with Gasteiger partial charge >= 0.3 is 0 Å². The highest BCUT2D eigenvalue weighted by Crippen LogP contribution is 2.31. The fraction of sp³-hybridized carbons (Fsp3) is 1.00. The molecule has 0 aliphatic heterocycles. The zero-order valence-electron chi connectivity index (χ0n) is 6.69. The van der Waals surface area contributed by atoms with Gasteiger partial charge in [0.15, 0.2) is 0 Å².